The highest BCUT2D eigenvalue weighted by molar-refractivity contribution is 5.89. The fourth-order valence-corrected chi connectivity index (χ4v) is 2.13. The summed E-state index contributed by atoms with van der Waals surface area (Å²) in [5.41, 5.74) is 1.01. The van der Waals surface area contributed by atoms with Crippen LogP contribution in [0.25, 0.3) is 6.08 Å². The highest BCUT2D eigenvalue weighted by Gasteiger charge is 2.10. The average Bonchev–Trinajstić information content (AvgIpc) is 2.69. The highest BCUT2D eigenvalue weighted by Crippen LogP contribution is 2.18. The lowest BCUT2D eigenvalue weighted by Crippen LogP contribution is -2.28. The second-order valence-electron chi connectivity index (χ2n) is 5.38. The van der Waals surface area contributed by atoms with Crippen LogP contribution in [-0.4, -0.2) is 30.5 Å². The topological polar surface area (TPSA) is 108 Å². The molecule has 0 bridgehead atoms. The normalized spacial score (nSPS) is 10.4. The number of ether oxygens (including phenoxy) is 2. The van der Waals surface area contributed by atoms with E-state index in [1.807, 2.05) is 0 Å². The van der Waals surface area contributed by atoms with Crippen LogP contribution < -0.4 is 10.1 Å². The third-order valence-electron chi connectivity index (χ3n) is 3.53. The zero-order valence-corrected chi connectivity index (χ0v) is 14.6. The number of esters is 1. The van der Waals surface area contributed by atoms with E-state index in [1.165, 1.54) is 24.3 Å². The number of nitrogens with one attached hydrogen (secondary N) is 1. The van der Waals surface area contributed by atoms with E-state index in [1.54, 1.807) is 37.4 Å². The van der Waals surface area contributed by atoms with Gasteiger partial charge >= 0.3 is 5.97 Å². The van der Waals surface area contributed by atoms with Gasteiger partial charge in [-0.05, 0) is 29.8 Å². The number of amides is 1. The van der Waals surface area contributed by atoms with Crippen LogP contribution in [0.1, 0.15) is 11.1 Å². The van der Waals surface area contributed by atoms with Crippen LogP contribution >= 0.6 is 0 Å². The summed E-state index contributed by atoms with van der Waals surface area (Å²) in [4.78, 5) is 33.8. The lowest BCUT2D eigenvalue weighted by molar-refractivity contribution is -0.385. The Morgan fingerprint density at radius 2 is 1.85 bits per heavy atom. The molecule has 2 aromatic rings. The summed E-state index contributed by atoms with van der Waals surface area (Å²) in [5, 5.41) is 13.5. The van der Waals surface area contributed by atoms with E-state index in [9.17, 15) is 19.7 Å². The molecule has 0 spiro atoms. The number of nitro benzene ring substituents is 1. The molecule has 0 radical (unpaired) electrons. The van der Waals surface area contributed by atoms with Gasteiger partial charge in [0.1, 0.15) is 5.75 Å². The first-order valence-corrected chi connectivity index (χ1v) is 7.97. The van der Waals surface area contributed by atoms with Gasteiger partial charge < -0.3 is 14.8 Å². The molecule has 27 heavy (non-hydrogen) atoms. The SMILES string of the molecule is COc1ccc(CNC(=O)COC(=O)C=Cc2ccccc2[N+](=O)[O-])cc1. The monoisotopic (exact) mass is 370 g/mol. The third-order valence-corrected chi connectivity index (χ3v) is 3.53. The largest absolute Gasteiger partial charge is 0.497 e. The molecular formula is C19H18N2O6. The van der Waals surface area contributed by atoms with Gasteiger partial charge in [0.25, 0.3) is 11.6 Å². The third kappa shape index (κ3) is 6.28. The molecule has 0 aromatic heterocycles. The Morgan fingerprint density at radius 3 is 2.52 bits per heavy atom. The molecule has 0 atom stereocenters. The summed E-state index contributed by atoms with van der Waals surface area (Å²) in [6.45, 7) is -0.164. The first kappa shape index (κ1) is 19.6. The van der Waals surface area contributed by atoms with Crippen molar-refractivity contribution >= 4 is 23.6 Å². The Hall–Kier alpha value is -3.68. The molecule has 2 rings (SSSR count). The van der Waals surface area contributed by atoms with E-state index < -0.39 is 23.4 Å². The molecule has 0 saturated heterocycles. The van der Waals surface area contributed by atoms with E-state index in [4.69, 9.17) is 9.47 Å². The lowest BCUT2D eigenvalue weighted by atomic mass is 10.1. The van der Waals surface area contributed by atoms with E-state index in [2.05, 4.69) is 5.32 Å². The highest BCUT2D eigenvalue weighted by atomic mass is 16.6. The van der Waals surface area contributed by atoms with Gasteiger partial charge in [0.2, 0.25) is 0 Å². The van der Waals surface area contributed by atoms with E-state index >= 15 is 0 Å². The summed E-state index contributed by atoms with van der Waals surface area (Å²) in [6.07, 6.45) is 2.31. The maximum atomic E-state index is 11.7. The molecule has 2 aromatic carbocycles. The van der Waals surface area contributed by atoms with E-state index in [0.717, 1.165) is 11.6 Å². The Labute approximate surface area is 155 Å². The quantitative estimate of drug-likeness (QED) is 0.331. The predicted octanol–water partition coefficient (Wildman–Crippen LogP) is 2.48. The number of hydrogen-bond acceptors (Lipinski definition) is 6. The first-order chi connectivity index (χ1) is 13.0. The minimum Gasteiger partial charge on any atom is -0.497 e. The number of nitrogens with zero attached hydrogens (tertiary/aromatic N) is 1. The zero-order valence-electron chi connectivity index (χ0n) is 14.6. The van der Waals surface area contributed by atoms with Crippen molar-refractivity contribution in [1.29, 1.82) is 0 Å². The molecule has 0 aliphatic rings. The Balaban J connectivity index is 1.79. The lowest BCUT2D eigenvalue weighted by Gasteiger charge is -2.06. The second kappa shape index (κ2) is 9.71. The summed E-state index contributed by atoms with van der Waals surface area (Å²) in [7, 11) is 1.57. The molecule has 1 amide bonds. The number of hydrogen-bond donors (Lipinski definition) is 1. The van der Waals surface area contributed by atoms with Crippen molar-refractivity contribution in [2.24, 2.45) is 0 Å². The van der Waals surface area contributed by atoms with Crippen molar-refractivity contribution in [3.05, 3.63) is 75.8 Å². The van der Waals surface area contributed by atoms with Crippen LogP contribution in [0.3, 0.4) is 0 Å². The Kier molecular flexibility index (Phi) is 7.07. The smallest absolute Gasteiger partial charge is 0.331 e. The molecule has 0 fully saturated rings. The van der Waals surface area contributed by atoms with Gasteiger partial charge in [-0.15, -0.1) is 0 Å². The molecule has 8 nitrogen and oxygen atoms in total. The van der Waals surface area contributed by atoms with Gasteiger partial charge in [0.15, 0.2) is 6.61 Å². The van der Waals surface area contributed by atoms with Crippen LogP contribution in [-0.2, 0) is 20.9 Å². The van der Waals surface area contributed by atoms with Crippen molar-refractivity contribution in [2.75, 3.05) is 13.7 Å². The number of carbonyl (C=O) groups is 2. The first-order valence-electron chi connectivity index (χ1n) is 7.97. The van der Waals surface area contributed by atoms with Crippen molar-refractivity contribution < 1.29 is 24.0 Å². The number of benzene rings is 2. The fourth-order valence-electron chi connectivity index (χ4n) is 2.13. The number of methoxy groups -OCH3 is 1. The average molecular weight is 370 g/mol. The summed E-state index contributed by atoms with van der Waals surface area (Å²) >= 11 is 0. The summed E-state index contributed by atoms with van der Waals surface area (Å²) < 4.78 is 9.87. The van der Waals surface area contributed by atoms with Crippen LogP contribution in [0, 0.1) is 10.1 Å². The molecule has 0 aliphatic carbocycles. The Bertz CT molecular complexity index is 846. The van der Waals surface area contributed by atoms with Crippen molar-refractivity contribution in [3.8, 4) is 5.75 Å². The maximum Gasteiger partial charge on any atom is 0.331 e. The number of rotatable bonds is 8. The fraction of sp³-hybridized carbons (Fsp3) is 0.158. The van der Waals surface area contributed by atoms with E-state index in [-0.39, 0.29) is 17.8 Å². The van der Waals surface area contributed by atoms with Crippen LogP contribution in [0.5, 0.6) is 5.75 Å². The minimum atomic E-state index is -0.771. The van der Waals surface area contributed by atoms with Gasteiger partial charge in [-0.3, -0.25) is 14.9 Å². The van der Waals surface area contributed by atoms with Crippen molar-refractivity contribution in [3.63, 3.8) is 0 Å². The molecule has 0 heterocycles. The standard InChI is InChI=1S/C19H18N2O6/c1-26-16-9-6-14(7-10-16)12-20-18(22)13-27-19(23)11-8-15-4-2-3-5-17(15)21(24)25/h2-11H,12-13H2,1H3,(H,20,22). The molecule has 8 heteroatoms. The van der Waals surface area contributed by atoms with Gasteiger partial charge in [-0.25, -0.2) is 4.79 Å². The number of nitro groups is 1. The van der Waals surface area contributed by atoms with Gasteiger partial charge in [0, 0.05) is 18.7 Å². The molecule has 0 saturated carbocycles. The number of carbonyl (C=O) groups excluding carboxylic acids is 2. The maximum absolute atomic E-state index is 11.7. The molecule has 0 aliphatic heterocycles. The van der Waals surface area contributed by atoms with E-state index in [0.29, 0.717) is 5.75 Å². The second-order valence-corrected chi connectivity index (χ2v) is 5.38. The molecular weight excluding hydrogens is 352 g/mol. The molecule has 0 unspecified atom stereocenters. The predicted molar refractivity (Wildman–Crippen MR) is 97.9 cm³/mol. The number of para-hydroxylation sites is 1. The van der Waals surface area contributed by atoms with Crippen molar-refractivity contribution in [2.45, 2.75) is 6.54 Å². The van der Waals surface area contributed by atoms with Crippen LogP contribution in [0.15, 0.2) is 54.6 Å². The molecule has 140 valence electrons. The Morgan fingerprint density at radius 1 is 1.15 bits per heavy atom. The van der Waals surface area contributed by atoms with Gasteiger partial charge in [0.05, 0.1) is 17.6 Å². The summed E-state index contributed by atoms with van der Waals surface area (Å²) in [6, 6.07) is 13.1. The van der Waals surface area contributed by atoms with Crippen LogP contribution in [0.4, 0.5) is 5.69 Å². The van der Waals surface area contributed by atoms with Gasteiger partial charge in [-0.1, -0.05) is 24.3 Å². The zero-order chi connectivity index (χ0) is 19.6. The van der Waals surface area contributed by atoms with Gasteiger partial charge in [-0.2, -0.15) is 0 Å². The van der Waals surface area contributed by atoms with Crippen LogP contribution in [0.2, 0.25) is 0 Å². The molecule has 1 N–H and O–H groups in total. The minimum absolute atomic E-state index is 0.126. The van der Waals surface area contributed by atoms with Crippen molar-refractivity contribution in [1.82, 2.24) is 5.32 Å². The summed E-state index contributed by atoms with van der Waals surface area (Å²) in [5.74, 6) is -0.518.